The van der Waals surface area contributed by atoms with Gasteiger partial charge in [-0.15, -0.1) is 0 Å². The van der Waals surface area contributed by atoms with Crippen molar-refractivity contribution in [3.8, 4) is 0 Å². The number of rotatable bonds is 3. The number of hydrogen-bond acceptors (Lipinski definition) is 1. The van der Waals surface area contributed by atoms with E-state index in [-0.39, 0.29) is 0 Å². The molecule has 0 saturated heterocycles. The van der Waals surface area contributed by atoms with Crippen molar-refractivity contribution in [3.05, 3.63) is 46.4 Å². The van der Waals surface area contributed by atoms with Gasteiger partial charge < -0.3 is 5.41 Å². The quantitative estimate of drug-likeness (QED) is 0.746. The van der Waals surface area contributed by atoms with Crippen LogP contribution in [0.4, 0.5) is 0 Å². The molecule has 0 aliphatic rings. The van der Waals surface area contributed by atoms with E-state index >= 15 is 0 Å². The fourth-order valence-corrected chi connectivity index (χ4v) is 1.74. The second-order valence-corrected chi connectivity index (χ2v) is 4.11. The summed E-state index contributed by atoms with van der Waals surface area (Å²) in [5.41, 5.74) is 3.81. The Morgan fingerprint density at radius 1 is 1.31 bits per heavy atom. The molecular formula is C15H19N. The second kappa shape index (κ2) is 5.45. The van der Waals surface area contributed by atoms with E-state index in [1.807, 2.05) is 12.2 Å². The summed E-state index contributed by atoms with van der Waals surface area (Å²) >= 11 is 0. The van der Waals surface area contributed by atoms with Crippen molar-refractivity contribution in [1.82, 2.24) is 0 Å². The lowest BCUT2D eigenvalue weighted by atomic mass is 10.0. The highest BCUT2D eigenvalue weighted by Crippen LogP contribution is 2.01. The summed E-state index contributed by atoms with van der Waals surface area (Å²) in [4.78, 5) is 0. The van der Waals surface area contributed by atoms with Crippen molar-refractivity contribution < 1.29 is 0 Å². The number of nitrogens with one attached hydrogen (secondary N) is 1. The van der Waals surface area contributed by atoms with Crippen molar-refractivity contribution >= 4 is 17.9 Å². The highest BCUT2D eigenvalue weighted by atomic mass is 14.3. The van der Waals surface area contributed by atoms with Crippen LogP contribution in [0.15, 0.2) is 24.8 Å². The van der Waals surface area contributed by atoms with Crippen LogP contribution in [0.5, 0.6) is 0 Å². The first-order chi connectivity index (χ1) is 7.60. The molecule has 0 saturated carbocycles. The van der Waals surface area contributed by atoms with Crippen molar-refractivity contribution in [1.29, 1.82) is 5.41 Å². The number of aryl methyl sites for hydroxylation is 2. The fraction of sp³-hybridized carbons (Fsp3) is 0.267. The summed E-state index contributed by atoms with van der Waals surface area (Å²) < 4.78 is 0. The Morgan fingerprint density at radius 3 is 2.50 bits per heavy atom. The van der Waals surface area contributed by atoms with E-state index in [2.05, 4.69) is 39.5 Å². The maximum atomic E-state index is 7.17. The van der Waals surface area contributed by atoms with Crippen LogP contribution < -0.4 is 10.4 Å². The lowest BCUT2D eigenvalue weighted by Gasteiger charge is -2.03. The Labute approximate surface area is 97.3 Å². The normalized spacial score (nSPS) is 13.6. The summed E-state index contributed by atoms with van der Waals surface area (Å²) in [5.74, 6) is 0. The van der Waals surface area contributed by atoms with Gasteiger partial charge >= 0.3 is 0 Å². The minimum absolute atomic E-state index is 0.709. The molecule has 0 unspecified atom stereocenters. The van der Waals surface area contributed by atoms with Gasteiger partial charge in [-0.25, -0.2) is 0 Å². The first-order valence-corrected chi connectivity index (χ1v) is 5.49. The molecule has 1 rings (SSSR count). The summed E-state index contributed by atoms with van der Waals surface area (Å²) in [7, 11) is 0. The Balaban J connectivity index is 3.66. The zero-order chi connectivity index (χ0) is 12.1. The summed E-state index contributed by atoms with van der Waals surface area (Å²) in [6.45, 7) is 10.1. The first-order valence-electron chi connectivity index (χ1n) is 5.49. The molecule has 1 N–H and O–H groups in total. The molecule has 0 aliphatic carbocycles. The predicted molar refractivity (Wildman–Crippen MR) is 72.3 cm³/mol. The molecule has 0 atom stereocenters. The molecule has 0 aliphatic heterocycles. The maximum Gasteiger partial charge on any atom is 0.00366 e. The van der Waals surface area contributed by atoms with Gasteiger partial charge in [0.2, 0.25) is 0 Å². The fourth-order valence-electron chi connectivity index (χ4n) is 1.74. The Hall–Kier alpha value is -1.63. The Bertz CT molecular complexity index is 521. The molecule has 1 heteroatoms. The van der Waals surface area contributed by atoms with Crippen LogP contribution >= 0.6 is 0 Å². The SMILES string of the molecule is C=C/C=c1/cc(C)c(C)c/c1=C(/C)CC=N. The van der Waals surface area contributed by atoms with Gasteiger partial charge in [0.1, 0.15) is 0 Å². The molecule has 0 heterocycles. The topological polar surface area (TPSA) is 23.9 Å². The Kier molecular flexibility index (Phi) is 4.24. The van der Waals surface area contributed by atoms with Crippen LogP contribution in [0.3, 0.4) is 0 Å². The van der Waals surface area contributed by atoms with E-state index < -0.39 is 0 Å². The zero-order valence-corrected chi connectivity index (χ0v) is 10.3. The standard InChI is InChI=1S/C15H19N/c1-5-6-14-9-12(3)13(4)10-15(14)11(2)7-8-16/h5-6,8-10,16H,1,7H2,2-4H3/b14-6-,15-11+,16-8?. The molecule has 0 aromatic heterocycles. The molecule has 0 amide bonds. The van der Waals surface area contributed by atoms with Gasteiger partial charge in [-0.3, -0.25) is 0 Å². The second-order valence-electron chi connectivity index (χ2n) is 4.11. The van der Waals surface area contributed by atoms with E-state index in [0.29, 0.717) is 6.42 Å². The van der Waals surface area contributed by atoms with Crippen molar-refractivity contribution in [3.63, 3.8) is 0 Å². The largest absolute Gasteiger partial charge is 0.313 e. The van der Waals surface area contributed by atoms with Gasteiger partial charge in [0, 0.05) is 6.42 Å². The molecule has 0 fully saturated rings. The number of benzene rings is 1. The first kappa shape index (κ1) is 12.4. The monoisotopic (exact) mass is 213 g/mol. The summed E-state index contributed by atoms with van der Waals surface area (Å²) in [6.07, 6.45) is 5.99. The van der Waals surface area contributed by atoms with Gasteiger partial charge in [0.25, 0.3) is 0 Å². The minimum Gasteiger partial charge on any atom is -0.313 e. The third-order valence-electron chi connectivity index (χ3n) is 2.83. The van der Waals surface area contributed by atoms with Crippen LogP contribution in [-0.4, -0.2) is 6.21 Å². The molecule has 0 spiro atoms. The van der Waals surface area contributed by atoms with Gasteiger partial charge in [-0.2, -0.15) is 0 Å². The van der Waals surface area contributed by atoms with Gasteiger partial charge in [0.05, 0.1) is 0 Å². The van der Waals surface area contributed by atoms with Gasteiger partial charge in [-0.05, 0) is 48.6 Å². The van der Waals surface area contributed by atoms with Crippen LogP contribution in [0, 0.1) is 19.3 Å². The highest BCUT2D eigenvalue weighted by Gasteiger charge is 1.96. The third-order valence-corrected chi connectivity index (χ3v) is 2.83. The summed E-state index contributed by atoms with van der Waals surface area (Å²) in [6, 6.07) is 4.38. The average Bonchev–Trinajstić information content (AvgIpc) is 2.23. The highest BCUT2D eigenvalue weighted by molar-refractivity contribution is 5.68. The Morgan fingerprint density at radius 2 is 1.94 bits per heavy atom. The zero-order valence-electron chi connectivity index (χ0n) is 10.3. The number of allylic oxidation sites excluding steroid dienone is 1. The van der Waals surface area contributed by atoms with Gasteiger partial charge in [0.15, 0.2) is 0 Å². The average molecular weight is 213 g/mol. The van der Waals surface area contributed by atoms with Gasteiger partial charge in [-0.1, -0.05) is 36.4 Å². The van der Waals surface area contributed by atoms with E-state index in [1.165, 1.54) is 33.4 Å². The van der Waals surface area contributed by atoms with Crippen molar-refractivity contribution in [2.45, 2.75) is 27.2 Å². The van der Waals surface area contributed by atoms with Crippen LogP contribution in [0.2, 0.25) is 0 Å². The number of hydrogen-bond donors (Lipinski definition) is 1. The summed E-state index contributed by atoms with van der Waals surface area (Å²) in [5, 5.41) is 9.59. The van der Waals surface area contributed by atoms with Crippen molar-refractivity contribution in [2.24, 2.45) is 0 Å². The molecule has 0 radical (unpaired) electrons. The molecule has 1 aromatic carbocycles. The smallest absolute Gasteiger partial charge is 0.00366 e. The molecule has 0 bridgehead atoms. The van der Waals surface area contributed by atoms with Crippen LogP contribution in [0.25, 0.3) is 11.6 Å². The van der Waals surface area contributed by atoms with E-state index in [0.717, 1.165) is 0 Å². The lowest BCUT2D eigenvalue weighted by Crippen LogP contribution is -2.27. The minimum atomic E-state index is 0.709. The van der Waals surface area contributed by atoms with E-state index in [4.69, 9.17) is 5.41 Å². The van der Waals surface area contributed by atoms with Crippen LogP contribution in [-0.2, 0) is 0 Å². The maximum absolute atomic E-state index is 7.17. The molecule has 16 heavy (non-hydrogen) atoms. The molecule has 1 nitrogen and oxygen atoms in total. The molecule has 1 aromatic rings. The third kappa shape index (κ3) is 2.69. The van der Waals surface area contributed by atoms with E-state index in [1.54, 1.807) is 0 Å². The predicted octanol–water partition coefficient (Wildman–Crippen LogP) is 2.48. The molecule has 84 valence electrons. The van der Waals surface area contributed by atoms with Crippen molar-refractivity contribution in [2.75, 3.05) is 0 Å². The lowest BCUT2D eigenvalue weighted by molar-refractivity contribution is 1.27. The van der Waals surface area contributed by atoms with Crippen LogP contribution in [0.1, 0.15) is 24.5 Å². The molecular weight excluding hydrogens is 194 g/mol. The van der Waals surface area contributed by atoms with E-state index in [9.17, 15) is 0 Å².